The number of halogens is 1. The summed E-state index contributed by atoms with van der Waals surface area (Å²) in [5.41, 5.74) is -0.0786. The first-order valence-electron chi connectivity index (χ1n) is 8.87. The number of hydrogen-bond acceptors (Lipinski definition) is 6. The standard InChI is InChI=1S/C18H20FN3O4S3/c19-14-4-2-1-3-13(14)17(23)20-6-7-21-18(24)16-15(5-10-28-16)29(25,26)22-8-11-27-12-9-22/h1-5,10H,6-9,11-12H2,(H,20,23)(H,21,24). The van der Waals surface area contributed by atoms with Crippen LogP contribution in [0.3, 0.4) is 0 Å². The van der Waals surface area contributed by atoms with E-state index < -0.39 is 27.7 Å². The van der Waals surface area contributed by atoms with E-state index in [0.29, 0.717) is 13.1 Å². The number of nitrogens with zero attached hydrogens (tertiary/aromatic N) is 1. The van der Waals surface area contributed by atoms with Crippen LogP contribution in [0.4, 0.5) is 4.39 Å². The van der Waals surface area contributed by atoms with Crippen LogP contribution < -0.4 is 10.6 Å². The molecule has 1 aliphatic heterocycles. The summed E-state index contributed by atoms with van der Waals surface area (Å²) < 4.78 is 40.6. The predicted octanol–water partition coefficient (Wildman–Crippen LogP) is 1.78. The van der Waals surface area contributed by atoms with Gasteiger partial charge in [-0.3, -0.25) is 9.59 Å². The van der Waals surface area contributed by atoms with Crippen molar-refractivity contribution in [2.45, 2.75) is 4.90 Å². The molecule has 1 aliphatic rings. The average molecular weight is 458 g/mol. The fourth-order valence-electron chi connectivity index (χ4n) is 2.77. The smallest absolute Gasteiger partial charge is 0.262 e. The Labute approximate surface area is 176 Å². The van der Waals surface area contributed by atoms with E-state index >= 15 is 0 Å². The van der Waals surface area contributed by atoms with Gasteiger partial charge in [0.05, 0.1) is 5.56 Å². The molecular weight excluding hydrogens is 437 g/mol. The van der Waals surface area contributed by atoms with Crippen LogP contribution in [0.2, 0.25) is 0 Å². The van der Waals surface area contributed by atoms with Crippen LogP contribution >= 0.6 is 23.1 Å². The molecule has 1 aromatic heterocycles. The maximum Gasteiger partial charge on any atom is 0.262 e. The van der Waals surface area contributed by atoms with Crippen molar-refractivity contribution in [1.29, 1.82) is 0 Å². The first-order valence-corrected chi connectivity index (χ1v) is 12.3. The van der Waals surface area contributed by atoms with E-state index in [1.54, 1.807) is 23.2 Å². The van der Waals surface area contributed by atoms with Crippen molar-refractivity contribution in [3.05, 3.63) is 52.0 Å². The van der Waals surface area contributed by atoms with Crippen molar-refractivity contribution in [3.8, 4) is 0 Å². The maximum absolute atomic E-state index is 13.6. The van der Waals surface area contributed by atoms with Crippen LogP contribution in [0.15, 0.2) is 40.6 Å². The summed E-state index contributed by atoms with van der Waals surface area (Å²) >= 11 is 2.75. The molecule has 11 heteroatoms. The molecule has 0 aliphatic carbocycles. The minimum absolute atomic E-state index is 0.00212. The monoisotopic (exact) mass is 457 g/mol. The molecule has 7 nitrogen and oxygen atoms in total. The lowest BCUT2D eigenvalue weighted by atomic mass is 10.2. The minimum atomic E-state index is -3.72. The molecule has 3 rings (SSSR count). The van der Waals surface area contributed by atoms with Gasteiger partial charge in [0.1, 0.15) is 15.6 Å². The highest BCUT2D eigenvalue weighted by Crippen LogP contribution is 2.27. The summed E-state index contributed by atoms with van der Waals surface area (Å²) in [6.45, 7) is 1.00. The lowest BCUT2D eigenvalue weighted by Gasteiger charge is -2.25. The van der Waals surface area contributed by atoms with Crippen LogP contribution in [0.5, 0.6) is 0 Å². The van der Waals surface area contributed by atoms with Gasteiger partial charge in [-0.15, -0.1) is 11.3 Å². The Morgan fingerprint density at radius 1 is 1.03 bits per heavy atom. The number of rotatable bonds is 7. The van der Waals surface area contributed by atoms with Gasteiger partial charge in [0.2, 0.25) is 10.0 Å². The van der Waals surface area contributed by atoms with Gasteiger partial charge in [-0.1, -0.05) is 12.1 Å². The van der Waals surface area contributed by atoms with Crippen LogP contribution in [-0.2, 0) is 10.0 Å². The third-order valence-corrected chi connectivity index (χ3v) is 8.16. The summed E-state index contributed by atoms with van der Waals surface area (Å²) in [5, 5.41) is 6.69. The first-order chi connectivity index (χ1) is 13.9. The number of hydrogen-bond donors (Lipinski definition) is 2. The lowest BCUT2D eigenvalue weighted by Crippen LogP contribution is -2.39. The van der Waals surface area contributed by atoms with E-state index in [4.69, 9.17) is 0 Å². The molecule has 0 atom stereocenters. The van der Waals surface area contributed by atoms with E-state index in [2.05, 4.69) is 10.6 Å². The molecule has 0 radical (unpaired) electrons. The summed E-state index contributed by atoms with van der Waals surface area (Å²) in [7, 11) is -3.72. The van der Waals surface area contributed by atoms with Crippen LogP contribution in [0, 0.1) is 5.82 Å². The second-order valence-electron chi connectivity index (χ2n) is 6.12. The van der Waals surface area contributed by atoms with E-state index in [9.17, 15) is 22.4 Å². The van der Waals surface area contributed by atoms with Crippen LogP contribution in [0.1, 0.15) is 20.0 Å². The Morgan fingerprint density at radius 2 is 1.69 bits per heavy atom. The van der Waals surface area contributed by atoms with Crippen molar-refractivity contribution in [2.24, 2.45) is 0 Å². The Kier molecular flexibility index (Phi) is 7.28. The SMILES string of the molecule is O=C(NCCNC(=O)c1sccc1S(=O)(=O)N1CCSCC1)c1ccccc1F. The zero-order valence-corrected chi connectivity index (χ0v) is 17.8. The fraction of sp³-hybridized carbons (Fsp3) is 0.333. The number of benzene rings is 1. The zero-order chi connectivity index (χ0) is 20.9. The van der Waals surface area contributed by atoms with Crippen molar-refractivity contribution in [3.63, 3.8) is 0 Å². The van der Waals surface area contributed by atoms with Gasteiger partial charge in [0, 0.05) is 37.7 Å². The Morgan fingerprint density at radius 3 is 2.38 bits per heavy atom. The van der Waals surface area contributed by atoms with Gasteiger partial charge in [-0.05, 0) is 23.6 Å². The van der Waals surface area contributed by atoms with Gasteiger partial charge in [-0.2, -0.15) is 16.1 Å². The first kappa shape index (κ1) is 21.8. The van der Waals surface area contributed by atoms with Gasteiger partial charge in [0.15, 0.2) is 0 Å². The second kappa shape index (κ2) is 9.70. The summed E-state index contributed by atoms with van der Waals surface area (Å²) in [6, 6.07) is 7.04. The molecule has 0 unspecified atom stereocenters. The van der Waals surface area contributed by atoms with Crippen molar-refractivity contribution in [1.82, 2.24) is 14.9 Å². The third-order valence-electron chi connectivity index (χ3n) is 4.24. The molecule has 0 spiro atoms. The van der Waals surface area contributed by atoms with E-state index in [1.807, 2.05) is 0 Å². The summed E-state index contributed by atoms with van der Waals surface area (Å²) in [4.78, 5) is 24.5. The minimum Gasteiger partial charge on any atom is -0.350 e. The molecule has 2 amide bonds. The molecule has 29 heavy (non-hydrogen) atoms. The average Bonchev–Trinajstić information content (AvgIpc) is 3.23. The molecule has 0 saturated carbocycles. The zero-order valence-electron chi connectivity index (χ0n) is 15.4. The number of nitrogens with one attached hydrogen (secondary N) is 2. The maximum atomic E-state index is 13.6. The number of amides is 2. The second-order valence-corrected chi connectivity index (χ2v) is 10.2. The molecule has 1 aromatic carbocycles. The predicted molar refractivity (Wildman–Crippen MR) is 111 cm³/mol. The fourth-order valence-corrected chi connectivity index (χ4v) is 6.66. The lowest BCUT2D eigenvalue weighted by molar-refractivity contribution is 0.0926. The largest absolute Gasteiger partial charge is 0.350 e. The van der Waals surface area contributed by atoms with Crippen molar-refractivity contribution < 1.29 is 22.4 Å². The normalized spacial score (nSPS) is 15.1. The molecule has 1 fully saturated rings. The Hall–Kier alpha value is -1.95. The van der Waals surface area contributed by atoms with Crippen molar-refractivity contribution in [2.75, 3.05) is 37.7 Å². The molecular formula is C18H20FN3O4S3. The van der Waals surface area contributed by atoms with Crippen LogP contribution in [-0.4, -0.2) is 62.2 Å². The van der Waals surface area contributed by atoms with Gasteiger partial charge >= 0.3 is 0 Å². The van der Waals surface area contributed by atoms with E-state index in [0.717, 1.165) is 22.8 Å². The highest BCUT2D eigenvalue weighted by atomic mass is 32.2. The quantitative estimate of drug-likeness (QED) is 0.618. The summed E-state index contributed by atoms with van der Waals surface area (Å²) in [6.07, 6.45) is 0. The highest BCUT2D eigenvalue weighted by molar-refractivity contribution is 7.99. The number of carbonyl (C=O) groups excluding carboxylic acids is 2. The number of thioether (sulfide) groups is 1. The Bertz CT molecular complexity index is 988. The molecule has 2 aromatic rings. The van der Waals surface area contributed by atoms with E-state index in [-0.39, 0.29) is 28.4 Å². The Balaban J connectivity index is 1.56. The van der Waals surface area contributed by atoms with Gasteiger partial charge in [0.25, 0.3) is 11.8 Å². The molecule has 156 valence electrons. The highest BCUT2D eigenvalue weighted by Gasteiger charge is 2.31. The third kappa shape index (κ3) is 5.16. The van der Waals surface area contributed by atoms with Crippen molar-refractivity contribution >= 4 is 44.9 Å². The molecule has 1 saturated heterocycles. The van der Waals surface area contributed by atoms with Crippen LogP contribution in [0.25, 0.3) is 0 Å². The topological polar surface area (TPSA) is 95.6 Å². The van der Waals surface area contributed by atoms with Gasteiger partial charge in [-0.25, -0.2) is 12.8 Å². The molecule has 2 N–H and O–H groups in total. The number of sulfonamides is 1. The van der Waals surface area contributed by atoms with Gasteiger partial charge < -0.3 is 10.6 Å². The number of thiophene rings is 1. The molecule has 0 bridgehead atoms. The number of carbonyl (C=O) groups is 2. The molecule has 2 heterocycles. The summed E-state index contributed by atoms with van der Waals surface area (Å²) in [5.74, 6) is -0.275. The van der Waals surface area contributed by atoms with E-state index in [1.165, 1.54) is 28.6 Å².